The van der Waals surface area contributed by atoms with E-state index >= 15 is 0 Å². The lowest BCUT2D eigenvalue weighted by atomic mass is 10.1. The molecule has 0 heterocycles. The maximum absolute atomic E-state index is 12.8. The second-order valence-electron chi connectivity index (χ2n) is 6.21. The molecule has 0 radical (unpaired) electrons. The summed E-state index contributed by atoms with van der Waals surface area (Å²) in [6.45, 7) is 0.0209. The van der Waals surface area contributed by atoms with Crippen LogP contribution in [-0.4, -0.2) is 50.3 Å². The van der Waals surface area contributed by atoms with Gasteiger partial charge in [0.25, 0.3) is 0 Å². The lowest BCUT2D eigenvalue weighted by Crippen LogP contribution is -2.28. The molecule has 2 rings (SSSR count). The summed E-state index contributed by atoms with van der Waals surface area (Å²) in [5.74, 6) is -1.77. The Labute approximate surface area is 181 Å². The molecule has 0 aliphatic carbocycles. The molecule has 2 aromatic carbocycles. The number of methoxy groups -OCH3 is 1. The number of ketones is 1. The molecule has 31 heavy (non-hydrogen) atoms. The van der Waals surface area contributed by atoms with E-state index < -0.39 is 30.1 Å². The zero-order chi connectivity index (χ0) is 22.9. The number of alkyl halides is 3. The van der Waals surface area contributed by atoms with Gasteiger partial charge in [0.2, 0.25) is 5.91 Å². The number of ether oxygens (including phenoxy) is 2. The Morgan fingerprint density at radius 1 is 1.06 bits per heavy atom. The first kappa shape index (κ1) is 24.4. The third kappa shape index (κ3) is 7.72. The van der Waals surface area contributed by atoms with Crippen LogP contribution in [0.3, 0.4) is 0 Å². The van der Waals surface area contributed by atoms with Crippen LogP contribution in [0.2, 0.25) is 0 Å². The first-order chi connectivity index (χ1) is 14.7. The predicted octanol–water partition coefficient (Wildman–Crippen LogP) is 3.60. The van der Waals surface area contributed by atoms with Gasteiger partial charge in [0.15, 0.2) is 12.4 Å². The third-order valence-corrected chi connectivity index (χ3v) is 5.01. The average molecular weight is 455 g/mol. The van der Waals surface area contributed by atoms with Crippen LogP contribution in [0.4, 0.5) is 13.2 Å². The van der Waals surface area contributed by atoms with E-state index in [1.54, 1.807) is 18.2 Å². The summed E-state index contributed by atoms with van der Waals surface area (Å²) in [6, 6.07) is 10.3. The Balaban J connectivity index is 1.97. The lowest BCUT2D eigenvalue weighted by Gasteiger charge is -2.10. The van der Waals surface area contributed by atoms with E-state index in [1.807, 2.05) is 0 Å². The van der Waals surface area contributed by atoms with Gasteiger partial charge in [-0.2, -0.15) is 13.2 Å². The minimum absolute atomic E-state index is 0.0528. The fourth-order valence-corrected chi connectivity index (χ4v) is 3.28. The Morgan fingerprint density at radius 3 is 2.52 bits per heavy atom. The maximum Gasteiger partial charge on any atom is 0.416 e. The van der Waals surface area contributed by atoms with Crippen molar-refractivity contribution in [1.29, 1.82) is 0 Å². The van der Waals surface area contributed by atoms with Crippen LogP contribution >= 0.6 is 11.8 Å². The van der Waals surface area contributed by atoms with Crippen LogP contribution in [0.15, 0.2) is 53.4 Å². The zero-order valence-corrected chi connectivity index (χ0v) is 17.3. The summed E-state index contributed by atoms with van der Waals surface area (Å²) >= 11 is 1.11. The molecule has 0 atom stereocenters. The average Bonchev–Trinajstić information content (AvgIpc) is 2.75. The number of rotatable bonds is 10. The first-order valence-corrected chi connectivity index (χ1v) is 10.1. The second kappa shape index (κ2) is 11.5. The Bertz CT molecular complexity index is 933. The van der Waals surface area contributed by atoms with Crippen molar-refractivity contribution in [1.82, 2.24) is 5.32 Å². The van der Waals surface area contributed by atoms with Gasteiger partial charge in [0.05, 0.1) is 23.5 Å². The minimum atomic E-state index is -4.58. The smallest absolute Gasteiger partial charge is 0.416 e. The normalized spacial score (nSPS) is 11.1. The molecule has 0 bridgehead atoms. The van der Waals surface area contributed by atoms with Crippen molar-refractivity contribution in [3.63, 3.8) is 0 Å². The van der Waals surface area contributed by atoms with Gasteiger partial charge in [-0.05, 0) is 24.3 Å². The monoisotopic (exact) mass is 455 g/mol. The van der Waals surface area contributed by atoms with Crippen LogP contribution in [-0.2, 0) is 20.4 Å². The fraction of sp³-hybridized carbons (Fsp3) is 0.286. The SMILES string of the molecule is COCCNC(=O)CSc1ccccc1C(=O)OCC(=O)c1cccc(C(F)(F)F)c1. The summed E-state index contributed by atoms with van der Waals surface area (Å²) < 4.78 is 48.2. The molecule has 0 aromatic heterocycles. The molecule has 6 nitrogen and oxygen atoms in total. The summed E-state index contributed by atoms with van der Waals surface area (Å²) in [5, 5.41) is 2.65. The van der Waals surface area contributed by atoms with E-state index in [1.165, 1.54) is 19.2 Å². The topological polar surface area (TPSA) is 81.7 Å². The molecule has 166 valence electrons. The highest BCUT2D eigenvalue weighted by molar-refractivity contribution is 8.00. The van der Waals surface area contributed by atoms with E-state index in [9.17, 15) is 27.6 Å². The summed E-state index contributed by atoms with van der Waals surface area (Å²) in [6.07, 6.45) is -4.58. The van der Waals surface area contributed by atoms with Gasteiger partial charge in [0.1, 0.15) is 0 Å². The van der Waals surface area contributed by atoms with E-state index in [2.05, 4.69) is 5.32 Å². The molecule has 0 aliphatic rings. The van der Waals surface area contributed by atoms with Crippen molar-refractivity contribution in [3.8, 4) is 0 Å². The zero-order valence-electron chi connectivity index (χ0n) is 16.5. The van der Waals surface area contributed by atoms with E-state index in [4.69, 9.17) is 9.47 Å². The Kier molecular flexibility index (Phi) is 9.07. The molecule has 1 N–H and O–H groups in total. The van der Waals surface area contributed by atoms with Gasteiger partial charge in [-0.1, -0.05) is 24.3 Å². The van der Waals surface area contributed by atoms with Gasteiger partial charge in [-0.15, -0.1) is 11.8 Å². The number of carbonyl (C=O) groups is 3. The maximum atomic E-state index is 12.8. The largest absolute Gasteiger partial charge is 0.454 e. The van der Waals surface area contributed by atoms with Crippen LogP contribution in [0.1, 0.15) is 26.3 Å². The lowest BCUT2D eigenvalue weighted by molar-refractivity contribution is -0.137. The first-order valence-electron chi connectivity index (χ1n) is 9.07. The predicted molar refractivity (Wildman–Crippen MR) is 108 cm³/mol. The number of nitrogens with one attached hydrogen (secondary N) is 1. The Morgan fingerprint density at radius 2 is 1.81 bits per heavy atom. The van der Waals surface area contributed by atoms with Gasteiger partial charge in [-0.3, -0.25) is 9.59 Å². The number of hydrogen-bond donors (Lipinski definition) is 1. The number of Topliss-reactive ketones (excluding diaryl/α,β-unsaturated/α-hetero) is 1. The standard InChI is InChI=1S/C21H20F3NO5S/c1-29-10-9-25-19(27)13-31-18-8-3-2-7-16(18)20(28)30-12-17(26)14-5-4-6-15(11-14)21(22,23)24/h2-8,11H,9-10,12-13H2,1H3,(H,25,27). The van der Waals surface area contributed by atoms with Crippen molar-refractivity contribution in [2.24, 2.45) is 0 Å². The number of halogens is 3. The number of carbonyl (C=O) groups excluding carboxylic acids is 3. The molecule has 0 saturated carbocycles. The van der Waals surface area contributed by atoms with Crippen LogP contribution in [0.25, 0.3) is 0 Å². The van der Waals surface area contributed by atoms with Crippen molar-refractivity contribution in [2.45, 2.75) is 11.1 Å². The number of thioether (sulfide) groups is 1. The number of esters is 1. The van der Waals surface area contributed by atoms with Gasteiger partial charge < -0.3 is 14.8 Å². The van der Waals surface area contributed by atoms with E-state index in [0.29, 0.717) is 24.1 Å². The number of amides is 1. The highest BCUT2D eigenvalue weighted by Crippen LogP contribution is 2.29. The quantitative estimate of drug-likeness (QED) is 0.255. The van der Waals surface area contributed by atoms with Crippen molar-refractivity contribution >= 4 is 29.4 Å². The summed E-state index contributed by atoms with van der Waals surface area (Å²) in [5.41, 5.74) is -1.03. The molecule has 0 fully saturated rings. The van der Waals surface area contributed by atoms with Gasteiger partial charge in [-0.25, -0.2) is 4.79 Å². The van der Waals surface area contributed by atoms with E-state index in [0.717, 1.165) is 23.9 Å². The van der Waals surface area contributed by atoms with Crippen LogP contribution < -0.4 is 5.32 Å². The molecule has 0 saturated heterocycles. The van der Waals surface area contributed by atoms with E-state index in [-0.39, 0.29) is 22.8 Å². The summed E-state index contributed by atoms with van der Waals surface area (Å²) in [4.78, 5) is 36.9. The molecule has 0 unspecified atom stereocenters. The number of benzene rings is 2. The van der Waals surface area contributed by atoms with Crippen molar-refractivity contribution < 1.29 is 37.0 Å². The minimum Gasteiger partial charge on any atom is -0.454 e. The van der Waals surface area contributed by atoms with Gasteiger partial charge >= 0.3 is 12.1 Å². The molecule has 2 aromatic rings. The van der Waals surface area contributed by atoms with Crippen LogP contribution in [0.5, 0.6) is 0 Å². The molecule has 1 amide bonds. The molecule has 0 aliphatic heterocycles. The highest BCUT2D eigenvalue weighted by atomic mass is 32.2. The van der Waals surface area contributed by atoms with Crippen molar-refractivity contribution in [3.05, 3.63) is 65.2 Å². The molecule has 10 heteroatoms. The third-order valence-electron chi connectivity index (χ3n) is 3.94. The van der Waals surface area contributed by atoms with Crippen LogP contribution in [0, 0.1) is 0 Å². The summed E-state index contributed by atoms with van der Waals surface area (Å²) in [7, 11) is 1.51. The molecular weight excluding hydrogens is 435 g/mol. The fourth-order valence-electron chi connectivity index (χ4n) is 2.41. The highest BCUT2D eigenvalue weighted by Gasteiger charge is 2.31. The number of hydrogen-bond acceptors (Lipinski definition) is 6. The molecule has 0 spiro atoms. The van der Waals surface area contributed by atoms with Gasteiger partial charge in [0, 0.05) is 24.1 Å². The van der Waals surface area contributed by atoms with Crippen molar-refractivity contribution in [2.75, 3.05) is 32.6 Å². The second-order valence-corrected chi connectivity index (χ2v) is 7.22. The Hall–Kier alpha value is -2.85. The molecular formula is C21H20F3NO5S.